The zero-order valence-corrected chi connectivity index (χ0v) is 14.6. The highest BCUT2D eigenvalue weighted by Gasteiger charge is 1.98. The molecule has 114 valence electrons. The molecule has 1 aromatic carbocycles. The summed E-state index contributed by atoms with van der Waals surface area (Å²) in [4.78, 5) is 0.620. The molecule has 0 fully saturated rings. The van der Waals surface area contributed by atoms with E-state index in [0.29, 0.717) is 4.83 Å². The first-order chi connectivity index (χ1) is 9.72. The molecule has 1 nitrogen and oxygen atoms in total. The molecule has 2 heteroatoms. The van der Waals surface area contributed by atoms with Gasteiger partial charge in [0, 0.05) is 4.83 Å². The fourth-order valence-electron chi connectivity index (χ4n) is 2.23. The summed E-state index contributed by atoms with van der Waals surface area (Å²) in [5.74, 6) is 1.01. The first-order valence-electron chi connectivity index (χ1n) is 8.08. The van der Waals surface area contributed by atoms with Crippen LogP contribution in [0.25, 0.3) is 0 Å². The number of alkyl halides is 1. The zero-order chi connectivity index (χ0) is 14.6. The molecular formula is C18H29BrO. The van der Waals surface area contributed by atoms with Gasteiger partial charge < -0.3 is 4.74 Å². The van der Waals surface area contributed by atoms with E-state index in [0.717, 1.165) is 18.8 Å². The van der Waals surface area contributed by atoms with Crippen LogP contribution in [0.15, 0.2) is 24.3 Å². The fourth-order valence-corrected chi connectivity index (χ4v) is 2.55. The second kappa shape index (κ2) is 11.2. The van der Waals surface area contributed by atoms with Gasteiger partial charge in [0.15, 0.2) is 0 Å². The molecule has 1 atom stereocenters. The summed E-state index contributed by atoms with van der Waals surface area (Å²) in [5, 5.41) is 0. The van der Waals surface area contributed by atoms with Crippen molar-refractivity contribution in [3.8, 4) is 5.75 Å². The third kappa shape index (κ3) is 8.63. The zero-order valence-electron chi connectivity index (χ0n) is 13.0. The normalized spacial score (nSPS) is 12.3. The SMILES string of the molecule is CCCCCCc1ccc(OCCCCC(C)Br)cc1. The van der Waals surface area contributed by atoms with Gasteiger partial charge in [-0.25, -0.2) is 0 Å². The van der Waals surface area contributed by atoms with Crippen LogP contribution < -0.4 is 4.74 Å². The summed E-state index contributed by atoms with van der Waals surface area (Å²) >= 11 is 3.57. The number of rotatable bonds is 11. The van der Waals surface area contributed by atoms with Crippen molar-refractivity contribution in [3.63, 3.8) is 0 Å². The Bertz CT molecular complexity index is 332. The molecule has 0 saturated carbocycles. The van der Waals surface area contributed by atoms with Crippen molar-refractivity contribution < 1.29 is 4.74 Å². The van der Waals surface area contributed by atoms with Crippen LogP contribution in [0.3, 0.4) is 0 Å². The van der Waals surface area contributed by atoms with Gasteiger partial charge in [-0.3, -0.25) is 0 Å². The average molecular weight is 341 g/mol. The maximum absolute atomic E-state index is 5.77. The van der Waals surface area contributed by atoms with Crippen molar-refractivity contribution in [2.45, 2.75) is 70.0 Å². The number of benzene rings is 1. The second-order valence-corrected chi connectivity index (χ2v) is 7.14. The Hall–Kier alpha value is -0.500. The third-order valence-electron chi connectivity index (χ3n) is 3.51. The number of unbranched alkanes of at least 4 members (excludes halogenated alkanes) is 4. The van der Waals surface area contributed by atoms with Crippen molar-refractivity contribution in [2.24, 2.45) is 0 Å². The standard InChI is InChI=1S/C18H29BrO/c1-3-4-5-6-10-17-11-13-18(14-12-17)20-15-8-7-9-16(2)19/h11-14,16H,3-10,15H2,1-2H3. The van der Waals surface area contributed by atoms with E-state index >= 15 is 0 Å². The van der Waals surface area contributed by atoms with Crippen LogP contribution in [0.2, 0.25) is 0 Å². The lowest BCUT2D eigenvalue weighted by Gasteiger charge is -2.08. The third-order valence-corrected chi connectivity index (χ3v) is 3.97. The molecule has 0 aliphatic carbocycles. The van der Waals surface area contributed by atoms with E-state index in [4.69, 9.17) is 4.74 Å². The lowest BCUT2D eigenvalue weighted by atomic mass is 10.1. The van der Waals surface area contributed by atoms with Gasteiger partial charge in [0.05, 0.1) is 6.61 Å². The van der Waals surface area contributed by atoms with E-state index in [1.165, 1.54) is 50.5 Å². The molecule has 0 N–H and O–H groups in total. The van der Waals surface area contributed by atoms with Crippen LogP contribution in [0, 0.1) is 0 Å². The Morgan fingerprint density at radius 3 is 2.40 bits per heavy atom. The Balaban J connectivity index is 2.15. The Labute approximate surface area is 133 Å². The monoisotopic (exact) mass is 340 g/mol. The van der Waals surface area contributed by atoms with E-state index in [9.17, 15) is 0 Å². The van der Waals surface area contributed by atoms with Gasteiger partial charge in [-0.2, -0.15) is 0 Å². The molecule has 20 heavy (non-hydrogen) atoms. The van der Waals surface area contributed by atoms with Crippen molar-refractivity contribution >= 4 is 15.9 Å². The van der Waals surface area contributed by atoms with Crippen molar-refractivity contribution in [2.75, 3.05) is 6.61 Å². The van der Waals surface area contributed by atoms with Gasteiger partial charge in [0.1, 0.15) is 5.75 Å². The first-order valence-corrected chi connectivity index (χ1v) is 8.99. The number of ether oxygens (including phenoxy) is 1. The number of hydrogen-bond donors (Lipinski definition) is 0. The van der Waals surface area contributed by atoms with Crippen molar-refractivity contribution in [1.82, 2.24) is 0 Å². The summed E-state index contributed by atoms with van der Waals surface area (Å²) in [6.07, 6.45) is 10.1. The van der Waals surface area contributed by atoms with Gasteiger partial charge in [-0.1, -0.05) is 61.2 Å². The summed E-state index contributed by atoms with van der Waals surface area (Å²) in [5.41, 5.74) is 1.43. The maximum Gasteiger partial charge on any atom is 0.119 e. The van der Waals surface area contributed by atoms with Crippen LogP contribution in [0.4, 0.5) is 0 Å². The van der Waals surface area contributed by atoms with Gasteiger partial charge in [-0.15, -0.1) is 0 Å². The molecule has 0 radical (unpaired) electrons. The lowest BCUT2D eigenvalue weighted by Crippen LogP contribution is -1.99. The molecule has 0 bridgehead atoms. The first kappa shape index (κ1) is 17.6. The van der Waals surface area contributed by atoms with Crippen LogP contribution in [-0.2, 0) is 6.42 Å². The molecule has 0 heterocycles. The lowest BCUT2D eigenvalue weighted by molar-refractivity contribution is 0.305. The van der Waals surface area contributed by atoms with Crippen LogP contribution in [0.1, 0.15) is 64.4 Å². The second-order valence-electron chi connectivity index (χ2n) is 5.58. The Kier molecular flexibility index (Phi) is 9.82. The average Bonchev–Trinajstić information content (AvgIpc) is 2.44. The summed E-state index contributed by atoms with van der Waals surface area (Å²) in [6.45, 7) is 5.28. The van der Waals surface area contributed by atoms with Gasteiger partial charge in [0.2, 0.25) is 0 Å². The smallest absolute Gasteiger partial charge is 0.119 e. The number of aryl methyl sites for hydroxylation is 1. The minimum absolute atomic E-state index is 0.620. The van der Waals surface area contributed by atoms with Gasteiger partial charge in [-0.05, 0) is 49.8 Å². The molecule has 0 aromatic heterocycles. The molecule has 0 amide bonds. The summed E-state index contributed by atoms with van der Waals surface area (Å²) in [6, 6.07) is 8.65. The molecular weight excluding hydrogens is 312 g/mol. The molecule has 1 aromatic rings. The number of halogens is 1. The molecule has 0 spiro atoms. The van der Waals surface area contributed by atoms with E-state index in [-0.39, 0.29) is 0 Å². The fraction of sp³-hybridized carbons (Fsp3) is 0.667. The maximum atomic E-state index is 5.77. The molecule has 0 saturated heterocycles. The van der Waals surface area contributed by atoms with E-state index < -0.39 is 0 Å². The van der Waals surface area contributed by atoms with Crippen molar-refractivity contribution in [1.29, 1.82) is 0 Å². The van der Waals surface area contributed by atoms with Gasteiger partial charge >= 0.3 is 0 Å². The van der Waals surface area contributed by atoms with Crippen LogP contribution in [0.5, 0.6) is 5.75 Å². The minimum Gasteiger partial charge on any atom is -0.494 e. The quantitative estimate of drug-likeness (QED) is 0.347. The predicted octanol–water partition coefficient (Wildman–Crippen LogP) is 6.14. The molecule has 1 rings (SSSR count). The van der Waals surface area contributed by atoms with Crippen LogP contribution >= 0.6 is 15.9 Å². The van der Waals surface area contributed by atoms with E-state index in [2.05, 4.69) is 54.0 Å². The summed E-state index contributed by atoms with van der Waals surface area (Å²) < 4.78 is 5.77. The Morgan fingerprint density at radius 1 is 1.00 bits per heavy atom. The highest BCUT2D eigenvalue weighted by atomic mass is 79.9. The van der Waals surface area contributed by atoms with Crippen molar-refractivity contribution in [3.05, 3.63) is 29.8 Å². The minimum atomic E-state index is 0.620. The molecule has 1 unspecified atom stereocenters. The molecule has 0 aliphatic heterocycles. The van der Waals surface area contributed by atoms with E-state index in [1.807, 2.05) is 0 Å². The topological polar surface area (TPSA) is 9.23 Å². The Morgan fingerprint density at radius 2 is 1.75 bits per heavy atom. The summed E-state index contributed by atoms with van der Waals surface area (Å²) in [7, 11) is 0. The van der Waals surface area contributed by atoms with E-state index in [1.54, 1.807) is 0 Å². The van der Waals surface area contributed by atoms with Gasteiger partial charge in [0.25, 0.3) is 0 Å². The van der Waals surface area contributed by atoms with Crippen LogP contribution in [-0.4, -0.2) is 11.4 Å². The number of hydrogen-bond acceptors (Lipinski definition) is 1. The highest BCUT2D eigenvalue weighted by Crippen LogP contribution is 2.15. The highest BCUT2D eigenvalue weighted by molar-refractivity contribution is 9.09. The molecule has 0 aliphatic rings. The predicted molar refractivity (Wildman–Crippen MR) is 92.0 cm³/mol. The largest absolute Gasteiger partial charge is 0.494 e.